The van der Waals surface area contributed by atoms with Gasteiger partial charge in [-0.05, 0) is 42.9 Å². The van der Waals surface area contributed by atoms with Crippen molar-refractivity contribution in [3.8, 4) is 5.75 Å². The smallest absolute Gasteiger partial charge is 0.125 e. The van der Waals surface area contributed by atoms with Crippen molar-refractivity contribution >= 4 is 15.9 Å². The van der Waals surface area contributed by atoms with Gasteiger partial charge in [0.2, 0.25) is 0 Å². The van der Waals surface area contributed by atoms with Gasteiger partial charge in [-0.25, -0.2) is 0 Å². The molecule has 1 aliphatic carbocycles. The molecule has 0 bridgehead atoms. The van der Waals surface area contributed by atoms with Crippen molar-refractivity contribution in [3.05, 3.63) is 28.2 Å². The monoisotopic (exact) mass is 324 g/mol. The standard InChI is InChI=1S/C16H21BrO2/c1-10-3-2-4-11(7-10)16-9-14(18)13-8-12(17)5-6-15(13)19-16/h5-6,8,10-11,14,16,18H,2-4,7,9H2,1H3. The highest BCUT2D eigenvalue weighted by molar-refractivity contribution is 9.10. The zero-order valence-electron chi connectivity index (χ0n) is 11.3. The summed E-state index contributed by atoms with van der Waals surface area (Å²) in [7, 11) is 0. The second-order valence-corrected chi connectivity index (χ2v) is 7.04. The normalized spacial score (nSPS) is 34.5. The summed E-state index contributed by atoms with van der Waals surface area (Å²) >= 11 is 3.45. The summed E-state index contributed by atoms with van der Waals surface area (Å²) in [5.74, 6) is 2.27. The van der Waals surface area contributed by atoms with Crippen LogP contribution < -0.4 is 4.74 Å². The van der Waals surface area contributed by atoms with Gasteiger partial charge in [0, 0.05) is 16.5 Å². The van der Waals surface area contributed by atoms with Gasteiger partial charge in [0.15, 0.2) is 0 Å². The van der Waals surface area contributed by atoms with Gasteiger partial charge in [0.1, 0.15) is 11.9 Å². The Morgan fingerprint density at radius 3 is 2.89 bits per heavy atom. The maximum atomic E-state index is 10.4. The van der Waals surface area contributed by atoms with E-state index in [1.165, 1.54) is 25.7 Å². The van der Waals surface area contributed by atoms with Crippen molar-refractivity contribution in [2.75, 3.05) is 0 Å². The molecule has 4 unspecified atom stereocenters. The lowest BCUT2D eigenvalue weighted by molar-refractivity contribution is 0.0171. The average molecular weight is 325 g/mol. The fraction of sp³-hybridized carbons (Fsp3) is 0.625. The van der Waals surface area contributed by atoms with Crippen LogP contribution in [0.4, 0.5) is 0 Å². The molecule has 1 saturated carbocycles. The molecule has 1 aliphatic heterocycles. The molecule has 1 fully saturated rings. The second-order valence-electron chi connectivity index (χ2n) is 6.12. The van der Waals surface area contributed by atoms with Crippen molar-refractivity contribution in [1.29, 1.82) is 0 Å². The highest BCUT2D eigenvalue weighted by atomic mass is 79.9. The van der Waals surface area contributed by atoms with Gasteiger partial charge < -0.3 is 9.84 Å². The molecule has 0 amide bonds. The second kappa shape index (κ2) is 5.45. The Hall–Kier alpha value is -0.540. The number of halogens is 1. The SMILES string of the molecule is CC1CCCC(C2CC(O)c3cc(Br)ccc3O2)C1. The lowest BCUT2D eigenvalue weighted by Gasteiger charge is -2.38. The number of aliphatic hydroxyl groups excluding tert-OH is 1. The van der Waals surface area contributed by atoms with Crippen molar-refractivity contribution in [3.63, 3.8) is 0 Å². The number of benzene rings is 1. The van der Waals surface area contributed by atoms with E-state index in [0.29, 0.717) is 5.92 Å². The van der Waals surface area contributed by atoms with E-state index in [1.807, 2.05) is 18.2 Å². The molecule has 2 nitrogen and oxygen atoms in total. The number of fused-ring (bicyclic) bond motifs is 1. The molecule has 3 heteroatoms. The minimum absolute atomic E-state index is 0.187. The predicted octanol–water partition coefficient (Wildman–Crippen LogP) is 4.46. The van der Waals surface area contributed by atoms with Gasteiger partial charge in [-0.1, -0.05) is 35.7 Å². The van der Waals surface area contributed by atoms with Crippen LogP contribution in [0, 0.1) is 11.8 Å². The Kier molecular flexibility index (Phi) is 3.86. The van der Waals surface area contributed by atoms with Crippen LogP contribution in [0.15, 0.2) is 22.7 Å². The van der Waals surface area contributed by atoms with E-state index >= 15 is 0 Å². The van der Waals surface area contributed by atoms with E-state index < -0.39 is 0 Å². The van der Waals surface area contributed by atoms with Gasteiger partial charge in [-0.3, -0.25) is 0 Å². The quantitative estimate of drug-likeness (QED) is 0.826. The van der Waals surface area contributed by atoms with Crippen molar-refractivity contribution in [1.82, 2.24) is 0 Å². The maximum Gasteiger partial charge on any atom is 0.125 e. The molecule has 1 N–H and O–H groups in total. The van der Waals surface area contributed by atoms with Crippen LogP contribution in [0.1, 0.15) is 50.7 Å². The van der Waals surface area contributed by atoms with E-state index in [0.717, 1.165) is 28.1 Å². The zero-order chi connectivity index (χ0) is 13.4. The highest BCUT2D eigenvalue weighted by Gasteiger charge is 2.34. The van der Waals surface area contributed by atoms with Gasteiger partial charge in [0.25, 0.3) is 0 Å². The van der Waals surface area contributed by atoms with E-state index in [2.05, 4.69) is 22.9 Å². The zero-order valence-corrected chi connectivity index (χ0v) is 12.9. The van der Waals surface area contributed by atoms with Crippen molar-refractivity contribution in [2.24, 2.45) is 11.8 Å². The molecule has 1 heterocycles. The third kappa shape index (κ3) is 2.82. The minimum atomic E-state index is -0.386. The van der Waals surface area contributed by atoms with E-state index in [-0.39, 0.29) is 12.2 Å². The summed E-state index contributed by atoms with van der Waals surface area (Å²) in [4.78, 5) is 0. The first-order valence-electron chi connectivity index (χ1n) is 7.27. The van der Waals surface area contributed by atoms with Crippen LogP contribution in [-0.2, 0) is 0 Å². The average Bonchev–Trinajstić information content (AvgIpc) is 2.39. The van der Waals surface area contributed by atoms with Crippen LogP contribution in [0.2, 0.25) is 0 Å². The number of ether oxygens (including phenoxy) is 1. The molecule has 3 rings (SSSR count). The molecule has 0 aromatic heterocycles. The summed E-state index contributed by atoms with van der Waals surface area (Å²) in [6, 6.07) is 5.93. The first kappa shape index (κ1) is 13.4. The predicted molar refractivity (Wildman–Crippen MR) is 79.3 cm³/mol. The molecular weight excluding hydrogens is 304 g/mol. The molecule has 104 valence electrons. The van der Waals surface area contributed by atoms with E-state index in [4.69, 9.17) is 4.74 Å². The van der Waals surface area contributed by atoms with Crippen LogP contribution >= 0.6 is 15.9 Å². The molecule has 0 radical (unpaired) electrons. The molecule has 19 heavy (non-hydrogen) atoms. The Bertz CT molecular complexity index is 460. The topological polar surface area (TPSA) is 29.5 Å². The number of hydrogen-bond acceptors (Lipinski definition) is 2. The van der Waals surface area contributed by atoms with Crippen molar-refractivity contribution in [2.45, 2.75) is 51.2 Å². The van der Waals surface area contributed by atoms with Gasteiger partial charge in [-0.2, -0.15) is 0 Å². The first-order valence-corrected chi connectivity index (χ1v) is 8.07. The summed E-state index contributed by atoms with van der Waals surface area (Å²) in [6.07, 6.45) is 5.66. The maximum absolute atomic E-state index is 10.4. The third-order valence-corrected chi connectivity index (χ3v) is 5.06. The fourth-order valence-electron chi connectivity index (χ4n) is 3.55. The Morgan fingerprint density at radius 1 is 1.26 bits per heavy atom. The number of hydrogen-bond donors (Lipinski definition) is 1. The summed E-state index contributed by atoms with van der Waals surface area (Å²) < 4.78 is 7.16. The number of rotatable bonds is 1. The Balaban J connectivity index is 1.79. The molecule has 2 aliphatic rings. The molecular formula is C16H21BrO2. The van der Waals surface area contributed by atoms with Crippen LogP contribution in [-0.4, -0.2) is 11.2 Å². The Labute approximate surface area is 123 Å². The van der Waals surface area contributed by atoms with Gasteiger partial charge in [0.05, 0.1) is 6.10 Å². The summed E-state index contributed by atoms with van der Waals surface area (Å²) in [6.45, 7) is 2.33. The fourth-order valence-corrected chi connectivity index (χ4v) is 3.93. The Morgan fingerprint density at radius 2 is 2.11 bits per heavy atom. The molecule has 0 saturated heterocycles. The van der Waals surface area contributed by atoms with Crippen LogP contribution in [0.25, 0.3) is 0 Å². The first-order chi connectivity index (χ1) is 9.13. The summed E-state index contributed by atoms with van der Waals surface area (Å²) in [5, 5.41) is 10.4. The van der Waals surface area contributed by atoms with Gasteiger partial charge >= 0.3 is 0 Å². The van der Waals surface area contributed by atoms with Gasteiger partial charge in [-0.15, -0.1) is 0 Å². The number of aliphatic hydroxyl groups is 1. The third-order valence-electron chi connectivity index (χ3n) is 4.57. The molecule has 4 atom stereocenters. The van der Waals surface area contributed by atoms with E-state index in [1.54, 1.807) is 0 Å². The lowest BCUT2D eigenvalue weighted by atomic mass is 9.77. The van der Waals surface area contributed by atoms with Crippen LogP contribution in [0.3, 0.4) is 0 Å². The van der Waals surface area contributed by atoms with Crippen molar-refractivity contribution < 1.29 is 9.84 Å². The molecule has 0 spiro atoms. The van der Waals surface area contributed by atoms with E-state index in [9.17, 15) is 5.11 Å². The van der Waals surface area contributed by atoms with Crippen LogP contribution in [0.5, 0.6) is 5.75 Å². The summed E-state index contributed by atoms with van der Waals surface area (Å²) in [5.41, 5.74) is 0.925. The molecule has 1 aromatic rings. The molecule has 1 aromatic carbocycles. The highest BCUT2D eigenvalue weighted by Crippen LogP contribution is 2.42. The largest absolute Gasteiger partial charge is 0.490 e. The minimum Gasteiger partial charge on any atom is -0.490 e. The lowest BCUT2D eigenvalue weighted by Crippen LogP contribution is -2.35.